The fourth-order valence-electron chi connectivity index (χ4n) is 1.76. The normalized spacial score (nSPS) is 8.95. The van der Waals surface area contributed by atoms with Crippen LogP contribution in [0.4, 0.5) is 0 Å². The first-order valence-electron chi connectivity index (χ1n) is 6.42. The van der Waals surface area contributed by atoms with E-state index in [2.05, 4.69) is 19.7 Å². The quantitative estimate of drug-likeness (QED) is 0.854. The molecule has 0 amide bonds. The van der Waals surface area contributed by atoms with E-state index >= 15 is 0 Å². The van der Waals surface area contributed by atoms with Crippen molar-refractivity contribution in [1.82, 2.24) is 0 Å². The molecule has 2 heteroatoms. The standard InChI is InChI=1S/C11H10O2.C8H8/c1-3-8-6-5-7-10(11(12)13)9(8)4-2;1-2-8-6-4-3-5-7-8/h3-7H,1-2H2,(H,12,13);2-7H,1H2. The third-order valence-corrected chi connectivity index (χ3v) is 2.83. The first kappa shape index (κ1) is 16.2. The zero-order valence-electron chi connectivity index (χ0n) is 11.8. The third-order valence-electron chi connectivity index (χ3n) is 2.83. The molecule has 0 atom stereocenters. The molecule has 0 aliphatic heterocycles. The van der Waals surface area contributed by atoms with E-state index in [1.54, 1.807) is 24.3 Å². The van der Waals surface area contributed by atoms with Crippen LogP contribution in [0.1, 0.15) is 27.0 Å². The minimum absolute atomic E-state index is 0.257. The maximum absolute atomic E-state index is 10.8. The molecule has 2 aromatic rings. The molecular weight excluding hydrogens is 260 g/mol. The SMILES string of the molecule is C=Cc1cccc(C(=O)O)c1C=C.C=Cc1ccccc1. The predicted octanol–water partition coefficient (Wildman–Crippen LogP) is 5.00. The maximum atomic E-state index is 10.8. The second-order valence-electron chi connectivity index (χ2n) is 4.14. The largest absolute Gasteiger partial charge is 0.478 e. The average Bonchev–Trinajstić information content (AvgIpc) is 2.55. The second-order valence-corrected chi connectivity index (χ2v) is 4.14. The second kappa shape index (κ2) is 8.33. The van der Waals surface area contributed by atoms with Crippen molar-refractivity contribution in [1.29, 1.82) is 0 Å². The minimum atomic E-state index is -0.946. The van der Waals surface area contributed by atoms with Gasteiger partial charge in [0, 0.05) is 0 Å². The summed E-state index contributed by atoms with van der Waals surface area (Å²) in [6.07, 6.45) is 4.98. The highest BCUT2D eigenvalue weighted by molar-refractivity contribution is 5.93. The van der Waals surface area contributed by atoms with Crippen LogP contribution in [0.5, 0.6) is 0 Å². The van der Waals surface area contributed by atoms with Crippen LogP contribution in [0.2, 0.25) is 0 Å². The van der Waals surface area contributed by atoms with E-state index in [-0.39, 0.29) is 5.56 Å². The van der Waals surface area contributed by atoms with Crippen LogP contribution >= 0.6 is 0 Å². The van der Waals surface area contributed by atoms with Crippen LogP contribution in [0.15, 0.2) is 68.3 Å². The molecule has 21 heavy (non-hydrogen) atoms. The fourth-order valence-corrected chi connectivity index (χ4v) is 1.76. The van der Waals surface area contributed by atoms with Gasteiger partial charge in [-0.05, 0) is 22.8 Å². The van der Waals surface area contributed by atoms with Gasteiger partial charge in [0.25, 0.3) is 0 Å². The van der Waals surface area contributed by atoms with E-state index in [9.17, 15) is 4.79 Å². The molecule has 0 aromatic heterocycles. The monoisotopic (exact) mass is 278 g/mol. The van der Waals surface area contributed by atoms with Crippen molar-refractivity contribution < 1.29 is 9.90 Å². The summed E-state index contributed by atoms with van der Waals surface area (Å²) >= 11 is 0. The summed E-state index contributed by atoms with van der Waals surface area (Å²) in [6.45, 7) is 10.8. The Labute approximate surface area is 125 Å². The van der Waals surface area contributed by atoms with Crippen LogP contribution in [0.3, 0.4) is 0 Å². The molecule has 0 saturated carbocycles. The summed E-state index contributed by atoms with van der Waals surface area (Å²) in [6, 6.07) is 15.1. The summed E-state index contributed by atoms with van der Waals surface area (Å²) < 4.78 is 0. The number of carboxylic acids is 1. The van der Waals surface area contributed by atoms with Crippen molar-refractivity contribution in [3.8, 4) is 0 Å². The van der Waals surface area contributed by atoms with Crippen molar-refractivity contribution >= 4 is 24.2 Å². The summed E-state index contributed by atoms with van der Waals surface area (Å²) in [7, 11) is 0. The lowest BCUT2D eigenvalue weighted by molar-refractivity contribution is 0.0696. The molecular formula is C19H18O2. The highest BCUT2D eigenvalue weighted by Gasteiger charge is 2.08. The van der Waals surface area contributed by atoms with E-state index in [0.717, 1.165) is 5.56 Å². The van der Waals surface area contributed by atoms with Crippen LogP contribution in [0, 0.1) is 0 Å². The predicted molar refractivity (Wildman–Crippen MR) is 90.1 cm³/mol. The Bertz CT molecular complexity index is 640. The number of aromatic carboxylic acids is 1. The van der Waals surface area contributed by atoms with Gasteiger partial charge in [0.05, 0.1) is 5.56 Å². The summed E-state index contributed by atoms with van der Waals surface area (Å²) in [5.41, 5.74) is 2.83. The molecule has 0 fully saturated rings. The zero-order valence-corrected chi connectivity index (χ0v) is 11.8. The van der Waals surface area contributed by atoms with Crippen LogP contribution in [-0.4, -0.2) is 11.1 Å². The number of carboxylic acid groups (broad SMARTS) is 1. The summed E-state index contributed by atoms with van der Waals surface area (Å²) in [5, 5.41) is 8.83. The highest BCUT2D eigenvalue weighted by atomic mass is 16.4. The van der Waals surface area contributed by atoms with Gasteiger partial charge in [0.15, 0.2) is 0 Å². The first-order chi connectivity index (χ1) is 10.1. The topological polar surface area (TPSA) is 37.3 Å². The Hall–Kier alpha value is -2.87. The van der Waals surface area contributed by atoms with Crippen molar-refractivity contribution in [3.05, 3.63) is 90.5 Å². The molecule has 106 valence electrons. The van der Waals surface area contributed by atoms with Crippen molar-refractivity contribution in [2.75, 3.05) is 0 Å². The Morgan fingerprint density at radius 2 is 1.52 bits per heavy atom. The van der Waals surface area contributed by atoms with Gasteiger partial charge in [0.2, 0.25) is 0 Å². The van der Waals surface area contributed by atoms with Crippen LogP contribution < -0.4 is 0 Å². The molecule has 0 saturated heterocycles. The number of carbonyl (C=O) groups is 1. The molecule has 0 heterocycles. The van der Waals surface area contributed by atoms with Gasteiger partial charge in [-0.15, -0.1) is 0 Å². The molecule has 0 aliphatic carbocycles. The average molecular weight is 278 g/mol. The van der Waals surface area contributed by atoms with Crippen molar-refractivity contribution in [2.45, 2.75) is 0 Å². The number of hydrogen-bond acceptors (Lipinski definition) is 1. The molecule has 2 nitrogen and oxygen atoms in total. The Kier molecular flexibility index (Phi) is 6.42. The Morgan fingerprint density at radius 1 is 0.857 bits per heavy atom. The van der Waals surface area contributed by atoms with Gasteiger partial charge in [-0.2, -0.15) is 0 Å². The molecule has 1 N–H and O–H groups in total. The van der Waals surface area contributed by atoms with Gasteiger partial charge < -0.3 is 5.11 Å². The van der Waals surface area contributed by atoms with Gasteiger partial charge in [-0.3, -0.25) is 0 Å². The lowest BCUT2D eigenvalue weighted by Gasteiger charge is -2.04. The van der Waals surface area contributed by atoms with Crippen molar-refractivity contribution in [3.63, 3.8) is 0 Å². The number of benzene rings is 2. The zero-order chi connectivity index (χ0) is 15.7. The van der Waals surface area contributed by atoms with Gasteiger partial charge in [-0.25, -0.2) is 4.79 Å². The molecule has 0 aliphatic rings. The number of hydrogen-bond donors (Lipinski definition) is 1. The molecule has 0 radical (unpaired) electrons. The number of rotatable bonds is 4. The Balaban J connectivity index is 0.000000235. The van der Waals surface area contributed by atoms with E-state index < -0.39 is 5.97 Å². The Morgan fingerprint density at radius 3 is 1.95 bits per heavy atom. The maximum Gasteiger partial charge on any atom is 0.336 e. The molecule has 0 bridgehead atoms. The van der Waals surface area contributed by atoms with Crippen LogP contribution in [0.25, 0.3) is 18.2 Å². The van der Waals surface area contributed by atoms with E-state index in [1.165, 1.54) is 11.6 Å². The molecule has 2 rings (SSSR count). The van der Waals surface area contributed by atoms with Gasteiger partial charge in [0.1, 0.15) is 0 Å². The van der Waals surface area contributed by atoms with Crippen molar-refractivity contribution in [2.24, 2.45) is 0 Å². The minimum Gasteiger partial charge on any atom is -0.478 e. The lowest BCUT2D eigenvalue weighted by atomic mass is 10.0. The van der Waals surface area contributed by atoms with Gasteiger partial charge in [-0.1, -0.05) is 80.4 Å². The van der Waals surface area contributed by atoms with Crippen LogP contribution in [-0.2, 0) is 0 Å². The molecule has 0 spiro atoms. The third kappa shape index (κ3) is 4.62. The smallest absolute Gasteiger partial charge is 0.336 e. The lowest BCUT2D eigenvalue weighted by Crippen LogP contribution is -2.00. The summed E-state index contributed by atoms with van der Waals surface area (Å²) in [4.78, 5) is 10.8. The fraction of sp³-hybridized carbons (Fsp3) is 0. The van der Waals surface area contributed by atoms with Gasteiger partial charge >= 0.3 is 5.97 Å². The molecule has 0 unspecified atom stereocenters. The van der Waals surface area contributed by atoms with E-state index in [1.807, 2.05) is 36.4 Å². The van der Waals surface area contributed by atoms with E-state index in [4.69, 9.17) is 5.11 Å². The summed E-state index contributed by atoms with van der Waals surface area (Å²) in [5.74, 6) is -0.946. The van der Waals surface area contributed by atoms with E-state index in [0.29, 0.717) is 5.56 Å². The molecule has 2 aromatic carbocycles. The first-order valence-corrected chi connectivity index (χ1v) is 6.42. The highest BCUT2D eigenvalue weighted by Crippen LogP contribution is 2.17.